The van der Waals surface area contributed by atoms with Gasteiger partial charge in [0.15, 0.2) is 5.65 Å². The molecule has 12 heteroatoms. The average molecular weight is 510 g/mol. The molecule has 10 nitrogen and oxygen atoms in total. The summed E-state index contributed by atoms with van der Waals surface area (Å²) in [6, 6.07) is 5.09. The number of benzene rings is 1. The standard InChI is InChI=1S/C19H24BrN7O3S/c1-21-31(28,29)13-3-4-15(27-7-5-12(6-8-27)10-30-2)14(9-13)24-18-16-17(20)25-26-19(16)23-11-22-18/h3-4,9,11-12,21H,5-8,10H2,1-2H3,(H2,22,23,24,25,26). The van der Waals surface area contributed by atoms with Crippen molar-refractivity contribution in [1.29, 1.82) is 0 Å². The van der Waals surface area contributed by atoms with Gasteiger partial charge < -0.3 is 15.0 Å². The van der Waals surface area contributed by atoms with E-state index in [1.165, 1.54) is 13.4 Å². The lowest BCUT2D eigenvalue weighted by molar-refractivity contribution is 0.139. The molecule has 0 bridgehead atoms. The van der Waals surface area contributed by atoms with Crippen LogP contribution < -0.4 is 14.9 Å². The van der Waals surface area contributed by atoms with Crippen molar-refractivity contribution < 1.29 is 13.2 Å². The molecule has 0 unspecified atom stereocenters. The third kappa shape index (κ3) is 4.52. The normalized spacial score (nSPS) is 15.5. The lowest BCUT2D eigenvalue weighted by atomic mass is 9.97. The Labute approximate surface area is 189 Å². The molecule has 0 aliphatic carbocycles. The molecule has 166 valence electrons. The van der Waals surface area contributed by atoms with E-state index in [1.54, 1.807) is 19.2 Å². The van der Waals surface area contributed by atoms with E-state index in [4.69, 9.17) is 4.74 Å². The van der Waals surface area contributed by atoms with Crippen molar-refractivity contribution in [3.05, 3.63) is 29.1 Å². The fourth-order valence-electron chi connectivity index (χ4n) is 3.80. The van der Waals surface area contributed by atoms with Crippen LogP contribution in [0.2, 0.25) is 0 Å². The van der Waals surface area contributed by atoms with E-state index in [-0.39, 0.29) is 4.90 Å². The Morgan fingerprint density at radius 2 is 2.06 bits per heavy atom. The van der Waals surface area contributed by atoms with Gasteiger partial charge >= 0.3 is 0 Å². The molecule has 1 aliphatic rings. The van der Waals surface area contributed by atoms with Gasteiger partial charge in [0.2, 0.25) is 10.0 Å². The summed E-state index contributed by atoms with van der Waals surface area (Å²) in [6.07, 6.45) is 3.44. The molecule has 0 saturated carbocycles. The van der Waals surface area contributed by atoms with Crippen molar-refractivity contribution in [2.24, 2.45) is 5.92 Å². The first-order valence-corrected chi connectivity index (χ1v) is 12.1. The van der Waals surface area contributed by atoms with Crippen LogP contribution in [0.4, 0.5) is 17.2 Å². The van der Waals surface area contributed by atoms with Crippen molar-refractivity contribution >= 4 is 54.2 Å². The molecule has 2 aromatic heterocycles. The predicted molar refractivity (Wildman–Crippen MR) is 122 cm³/mol. The number of piperidine rings is 1. The summed E-state index contributed by atoms with van der Waals surface area (Å²) < 4.78 is 33.2. The largest absolute Gasteiger partial charge is 0.384 e. The van der Waals surface area contributed by atoms with Gasteiger partial charge in [0.25, 0.3) is 0 Å². The van der Waals surface area contributed by atoms with Crippen LogP contribution in [0.3, 0.4) is 0 Å². The van der Waals surface area contributed by atoms with Gasteiger partial charge in [-0.05, 0) is 59.9 Å². The van der Waals surface area contributed by atoms with Gasteiger partial charge in [-0.1, -0.05) is 0 Å². The number of aromatic nitrogens is 4. The van der Waals surface area contributed by atoms with E-state index < -0.39 is 10.0 Å². The van der Waals surface area contributed by atoms with E-state index >= 15 is 0 Å². The van der Waals surface area contributed by atoms with Crippen molar-refractivity contribution in [3.8, 4) is 0 Å². The summed E-state index contributed by atoms with van der Waals surface area (Å²) in [6.45, 7) is 2.47. The minimum absolute atomic E-state index is 0.173. The number of methoxy groups -OCH3 is 1. The molecular weight excluding hydrogens is 486 g/mol. The van der Waals surface area contributed by atoms with Crippen LogP contribution in [-0.2, 0) is 14.8 Å². The Morgan fingerprint density at radius 3 is 2.77 bits per heavy atom. The third-order valence-electron chi connectivity index (χ3n) is 5.46. The zero-order valence-corrected chi connectivity index (χ0v) is 19.6. The van der Waals surface area contributed by atoms with E-state index in [1.807, 2.05) is 6.07 Å². The number of sulfonamides is 1. The Hall–Kier alpha value is -2.28. The first-order valence-electron chi connectivity index (χ1n) is 9.86. The van der Waals surface area contributed by atoms with Crippen molar-refractivity contribution in [1.82, 2.24) is 24.9 Å². The molecule has 3 heterocycles. The molecule has 1 fully saturated rings. The van der Waals surface area contributed by atoms with Crippen LogP contribution in [0.5, 0.6) is 0 Å². The Kier molecular flexibility index (Phi) is 6.42. The molecule has 3 N–H and O–H groups in total. The van der Waals surface area contributed by atoms with Crippen LogP contribution >= 0.6 is 15.9 Å². The SMILES string of the molecule is CNS(=O)(=O)c1ccc(N2CCC(COC)CC2)c(Nc2ncnc3n[nH]c(Br)c23)c1. The number of H-pyrrole nitrogens is 1. The van der Waals surface area contributed by atoms with Crippen molar-refractivity contribution in [2.75, 3.05) is 44.1 Å². The first-order chi connectivity index (χ1) is 14.9. The molecule has 0 radical (unpaired) electrons. The second-order valence-electron chi connectivity index (χ2n) is 7.36. The number of nitrogens with one attached hydrogen (secondary N) is 3. The summed E-state index contributed by atoms with van der Waals surface area (Å²) in [7, 11) is -0.478. The fraction of sp³-hybridized carbons (Fsp3) is 0.421. The highest BCUT2D eigenvalue weighted by atomic mass is 79.9. The number of aromatic amines is 1. The average Bonchev–Trinajstić information content (AvgIpc) is 3.16. The molecule has 1 aliphatic heterocycles. The zero-order valence-electron chi connectivity index (χ0n) is 17.2. The number of rotatable bonds is 7. The molecule has 1 aromatic carbocycles. The van der Waals surface area contributed by atoms with Crippen LogP contribution in [0, 0.1) is 5.92 Å². The lowest BCUT2D eigenvalue weighted by Crippen LogP contribution is -2.35. The smallest absolute Gasteiger partial charge is 0.240 e. The van der Waals surface area contributed by atoms with Crippen LogP contribution in [0.1, 0.15) is 12.8 Å². The van der Waals surface area contributed by atoms with Gasteiger partial charge in [-0.15, -0.1) is 0 Å². The van der Waals surface area contributed by atoms with Gasteiger partial charge in [0.1, 0.15) is 16.7 Å². The predicted octanol–water partition coefficient (Wildman–Crippen LogP) is 2.63. The van der Waals surface area contributed by atoms with Crippen LogP contribution in [-0.4, -0.2) is 62.4 Å². The van der Waals surface area contributed by atoms with Gasteiger partial charge in [-0.2, -0.15) is 5.10 Å². The lowest BCUT2D eigenvalue weighted by Gasteiger charge is -2.34. The summed E-state index contributed by atoms with van der Waals surface area (Å²) in [5, 5.41) is 11.0. The summed E-state index contributed by atoms with van der Waals surface area (Å²) in [5.74, 6) is 1.06. The van der Waals surface area contributed by atoms with Crippen molar-refractivity contribution in [2.45, 2.75) is 17.7 Å². The minimum Gasteiger partial charge on any atom is -0.384 e. The van der Waals surface area contributed by atoms with Gasteiger partial charge in [0.05, 0.1) is 21.7 Å². The monoisotopic (exact) mass is 509 g/mol. The molecule has 0 amide bonds. The van der Waals surface area contributed by atoms with Crippen LogP contribution in [0.25, 0.3) is 11.0 Å². The maximum atomic E-state index is 12.4. The number of fused-ring (bicyclic) bond motifs is 1. The summed E-state index contributed by atoms with van der Waals surface area (Å²) >= 11 is 3.44. The Bertz CT molecular complexity index is 1180. The van der Waals surface area contributed by atoms with Crippen molar-refractivity contribution in [3.63, 3.8) is 0 Å². The molecular formula is C19H24BrN7O3S. The van der Waals surface area contributed by atoms with Crippen LogP contribution in [0.15, 0.2) is 34.0 Å². The highest BCUT2D eigenvalue weighted by Gasteiger charge is 2.23. The molecule has 1 saturated heterocycles. The number of nitrogens with zero attached hydrogens (tertiary/aromatic N) is 4. The van der Waals surface area contributed by atoms with E-state index in [2.05, 4.69) is 51.0 Å². The molecule has 3 aromatic rings. The molecule has 31 heavy (non-hydrogen) atoms. The second-order valence-corrected chi connectivity index (χ2v) is 10.0. The molecule has 0 atom stereocenters. The van der Waals surface area contributed by atoms with E-state index in [0.717, 1.165) is 38.2 Å². The Morgan fingerprint density at radius 1 is 1.29 bits per heavy atom. The zero-order chi connectivity index (χ0) is 22.0. The second kappa shape index (κ2) is 9.07. The van der Waals surface area contributed by atoms with Gasteiger partial charge in [-0.25, -0.2) is 23.1 Å². The van der Waals surface area contributed by atoms with E-state index in [0.29, 0.717) is 33.1 Å². The number of hydrogen-bond donors (Lipinski definition) is 3. The Balaban J connectivity index is 1.73. The number of hydrogen-bond acceptors (Lipinski definition) is 8. The van der Waals surface area contributed by atoms with E-state index in [9.17, 15) is 8.42 Å². The quantitative estimate of drug-likeness (QED) is 0.443. The summed E-state index contributed by atoms with van der Waals surface area (Å²) in [5.41, 5.74) is 2.07. The highest BCUT2D eigenvalue weighted by molar-refractivity contribution is 9.10. The van der Waals surface area contributed by atoms with Gasteiger partial charge in [-0.3, -0.25) is 5.10 Å². The number of halogens is 1. The first kappa shape index (κ1) is 21.9. The topological polar surface area (TPSA) is 125 Å². The fourth-order valence-corrected chi connectivity index (χ4v) is 5.01. The minimum atomic E-state index is -3.60. The molecule has 0 spiro atoms. The molecule has 4 rings (SSSR count). The highest BCUT2D eigenvalue weighted by Crippen LogP contribution is 2.36. The number of anilines is 3. The third-order valence-corrected chi connectivity index (χ3v) is 7.45. The number of ether oxygens (including phenoxy) is 1. The maximum absolute atomic E-state index is 12.4. The summed E-state index contributed by atoms with van der Waals surface area (Å²) in [4.78, 5) is 10.9. The van der Waals surface area contributed by atoms with Gasteiger partial charge in [0, 0.05) is 26.8 Å². The maximum Gasteiger partial charge on any atom is 0.240 e.